The van der Waals surface area contributed by atoms with Crippen LogP contribution in [0, 0.1) is 0 Å². The number of para-hydroxylation sites is 1. The van der Waals surface area contributed by atoms with Crippen molar-refractivity contribution in [1.29, 1.82) is 0 Å². The fourth-order valence-electron chi connectivity index (χ4n) is 1.67. The van der Waals surface area contributed by atoms with E-state index < -0.39 is 0 Å². The molecule has 0 fully saturated rings. The number of fused-ring (bicyclic) bond motifs is 1. The molecule has 0 saturated heterocycles. The highest BCUT2D eigenvalue weighted by atomic mass is 16.1. The van der Waals surface area contributed by atoms with Gasteiger partial charge in [0, 0.05) is 5.57 Å². The smallest absolute Gasteiger partial charge is 0.259 e. The van der Waals surface area contributed by atoms with Crippen molar-refractivity contribution in [2.75, 3.05) is 0 Å². The number of rotatable bonds is 3. The molecule has 1 aromatic carbocycles. The highest BCUT2D eigenvalue weighted by molar-refractivity contribution is 5.80. The Morgan fingerprint density at radius 3 is 2.89 bits per heavy atom. The van der Waals surface area contributed by atoms with E-state index in [1.165, 1.54) is 0 Å². The van der Waals surface area contributed by atoms with Crippen LogP contribution < -0.4 is 5.56 Å². The van der Waals surface area contributed by atoms with Crippen LogP contribution in [-0.2, 0) is 0 Å². The van der Waals surface area contributed by atoms with Crippen molar-refractivity contribution in [2.24, 2.45) is 0 Å². The molecule has 1 aromatic heterocycles. The van der Waals surface area contributed by atoms with E-state index in [-0.39, 0.29) is 5.56 Å². The molecule has 18 heavy (non-hydrogen) atoms. The molecule has 0 aliphatic carbocycles. The number of nitrogens with zero attached hydrogens (tertiary/aromatic N) is 1. The summed E-state index contributed by atoms with van der Waals surface area (Å²) in [7, 11) is 0. The molecule has 0 bridgehead atoms. The van der Waals surface area contributed by atoms with E-state index in [9.17, 15) is 4.79 Å². The van der Waals surface area contributed by atoms with Gasteiger partial charge in [-0.2, -0.15) is 0 Å². The number of hydrogen-bond donors (Lipinski definition) is 1. The number of nitrogens with one attached hydrogen (secondary N) is 1. The summed E-state index contributed by atoms with van der Waals surface area (Å²) in [5, 5.41) is 0.593. The molecular formula is C15H14N2O. The first kappa shape index (κ1) is 12.0. The molecular weight excluding hydrogens is 224 g/mol. The zero-order valence-corrected chi connectivity index (χ0v) is 10.2. The van der Waals surface area contributed by atoms with Gasteiger partial charge in [0.15, 0.2) is 0 Å². The summed E-state index contributed by atoms with van der Waals surface area (Å²) < 4.78 is 0. The Balaban J connectivity index is 2.65. The first-order chi connectivity index (χ1) is 8.76. The second-order valence-electron chi connectivity index (χ2n) is 3.78. The summed E-state index contributed by atoms with van der Waals surface area (Å²) in [5.41, 5.74) is 1.34. The average Bonchev–Trinajstić information content (AvgIpc) is 2.40. The van der Waals surface area contributed by atoms with Crippen molar-refractivity contribution in [1.82, 2.24) is 9.97 Å². The molecule has 3 nitrogen and oxygen atoms in total. The molecule has 0 unspecified atom stereocenters. The fourth-order valence-corrected chi connectivity index (χ4v) is 1.67. The Morgan fingerprint density at radius 1 is 1.39 bits per heavy atom. The molecule has 0 radical (unpaired) electrons. The lowest BCUT2D eigenvalue weighted by molar-refractivity contribution is 1.13. The largest absolute Gasteiger partial charge is 0.306 e. The monoisotopic (exact) mass is 238 g/mol. The van der Waals surface area contributed by atoms with Crippen LogP contribution >= 0.6 is 0 Å². The van der Waals surface area contributed by atoms with Gasteiger partial charge < -0.3 is 4.98 Å². The van der Waals surface area contributed by atoms with Crippen molar-refractivity contribution in [3.8, 4) is 0 Å². The predicted molar refractivity (Wildman–Crippen MR) is 75.4 cm³/mol. The lowest BCUT2D eigenvalue weighted by atomic mass is 10.2. The van der Waals surface area contributed by atoms with E-state index in [0.717, 1.165) is 5.57 Å². The second kappa shape index (κ2) is 5.27. The summed E-state index contributed by atoms with van der Waals surface area (Å²) in [5.74, 6) is 0.534. The summed E-state index contributed by atoms with van der Waals surface area (Å²) >= 11 is 0. The van der Waals surface area contributed by atoms with E-state index in [1.807, 2.05) is 43.4 Å². The van der Waals surface area contributed by atoms with Crippen molar-refractivity contribution in [3.05, 3.63) is 71.3 Å². The lowest BCUT2D eigenvalue weighted by Gasteiger charge is -2.02. The molecule has 0 aliphatic heterocycles. The summed E-state index contributed by atoms with van der Waals surface area (Å²) in [6.07, 6.45) is 7.32. The Morgan fingerprint density at radius 2 is 2.17 bits per heavy atom. The number of benzene rings is 1. The van der Waals surface area contributed by atoms with Crippen LogP contribution in [-0.4, -0.2) is 9.97 Å². The molecule has 0 aliphatic rings. The van der Waals surface area contributed by atoms with Crippen LogP contribution in [0.25, 0.3) is 16.5 Å². The molecule has 3 heteroatoms. The second-order valence-corrected chi connectivity index (χ2v) is 3.78. The molecule has 2 rings (SSSR count). The number of H-pyrrole nitrogens is 1. The normalized spacial score (nSPS) is 12.2. The van der Waals surface area contributed by atoms with E-state index in [4.69, 9.17) is 0 Å². The highest BCUT2D eigenvalue weighted by Gasteiger charge is 2.04. The van der Waals surface area contributed by atoms with Gasteiger partial charge in [0.2, 0.25) is 0 Å². The van der Waals surface area contributed by atoms with Crippen LogP contribution in [0.5, 0.6) is 0 Å². The minimum absolute atomic E-state index is 0.135. The van der Waals surface area contributed by atoms with Crippen LogP contribution in [0.4, 0.5) is 0 Å². The minimum Gasteiger partial charge on any atom is -0.306 e. The number of aromatic nitrogens is 2. The standard InChI is InChI=1S/C15H14N2O/c1-3-5-8-11(4-2)14-16-13-10-7-6-9-12(13)15(18)17-14/h3-10H,2H2,1H3,(H,16,17,18)/b5-3-,11-8+. The van der Waals surface area contributed by atoms with Gasteiger partial charge in [-0.25, -0.2) is 4.98 Å². The first-order valence-electron chi connectivity index (χ1n) is 5.71. The van der Waals surface area contributed by atoms with Gasteiger partial charge in [-0.05, 0) is 19.1 Å². The van der Waals surface area contributed by atoms with E-state index >= 15 is 0 Å². The third-order valence-electron chi connectivity index (χ3n) is 2.57. The molecule has 0 saturated carbocycles. The molecule has 0 spiro atoms. The summed E-state index contributed by atoms with van der Waals surface area (Å²) in [4.78, 5) is 19.1. The van der Waals surface area contributed by atoms with Crippen LogP contribution in [0.1, 0.15) is 12.7 Å². The Kier molecular flexibility index (Phi) is 3.53. The fraction of sp³-hybridized carbons (Fsp3) is 0.0667. The zero-order chi connectivity index (χ0) is 13.0. The SMILES string of the molecule is C=C/C(=C\C=C/C)c1nc2ccccc2c(=O)[nH]1. The average molecular weight is 238 g/mol. The van der Waals surface area contributed by atoms with Crippen LogP contribution in [0.3, 0.4) is 0 Å². The lowest BCUT2D eigenvalue weighted by Crippen LogP contribution is -2.10. The van der Waals surface area contributed by atoms with Gasteiger partial charge in [-0.15, -0.1) is 0 Å². The van der Waals surface area contributed by atoms with Crippen molar-refractivity contribution >= 4 is 16.5 Å². The Labute approximate surface area is 105 Å². The van der Waals surface area contributed by atoms with E-state index in [1.54, 1.807) is 12.1 Å². The van der Waals surface area contributed by atoms with E-state index in [2.05, 4.69) is 16.5 Å². The maximum atomic E-state index is 11.9. The maximum absolute atomic E-state index is 11.9. The zero-order valence-electron chi connectivity index (χ0n) is 10.2. The topological polar surface area (TPSA) is 45.8 Å². The summed E-state index contributed by atoms with van der Waals surface area (Å²) in [6.45, 7) is 5.66. The van der Waals surface area contributed by atoms with Gasteiger partial charge in [-0.3, -0.25) is 4.79 Å². The number of allylic oxidation sites excluding steroid dienone is 5. The molecule has 90 valence electrons. The molecule has 1 heterocycles. The van der Waals surface area contributed by atoms with E-state index in [0.29, 0.717) is 16.7 Å². The first-order valence-corrected chi connectivity index (χ1v) is 5.71. The molecule has 0 amide bonds. The van der Waals surface area contributed by atoms with Gasteiger partial charge in [0.25, 0.3) is 5.56 Å². The minimum atomic E-state index is -0.135. The van der Waals surface area contributed by atoms with Gasteiger partial charge in [0.1, 0.15) is 5.82 Å². The van der Waals surface area contributed by atoms with Gasteiger partial charge in [0.05, 0.1) is 10.9 Å². The van der Waals surface area contributed by atoms with Crippen LogP contribution in [0.2, 0.25) is 0 Å². The van der Waals surface area contributed by atoms with Crippen molar-refractivity contribution in [3.63, 3.8) is 0 Å². The molecule has 2 aromatic rings. The molecule has 1 N–H and O–H groups in total. The van der Waals surface area contributed by atoms with Gasteiger partial charge >= 0.3 is 0 Å². The Bertz CT molecular complexity index is 693. The Hall–Kier alpha value is -2.42. The third-order valence-corrected chi connectivity index (χ3v) is 2.57. The third kappa shape index (κ3) is 2.30. The number of aromatic amines is 1. The van der Waals surface area contributed by atoms with Crippen molar-refractivity contribution in [2.45, 2.75) is 6.92 Å². The number of hydrogen-bond acceptors (Lipinski definition) is 2. The predicted octanol–water partition coefficient (Wildman–Crippen LogP) is 3.07. The quantitative estimate of drug-likeness (QED) is 0.835. The maximum Gasteiger partial charge on any atom is 0.259 e. The summed E-state index contributed by atoms with van der Waals surface area (Å²) in [6, 6.07) is 7.27. The highest BCUT2D eigenvalue weighted by Crippen LogP contribution is 2.13. The van der Waals surface area contributed by atoms with Crippen LogP contribution in [0.15, 0.2) is 59.9 Å². The van der Waals surface area contributed by atoms with Gasteiger partial charge in [-0.1, -0.05) is 43.0 Å². The van der Waals surface area contributed by atoms with Crippen molar-refractivity contribution < 1.29 is 0 Å². The molecule has 0 atom stereocenters.